The van der Waals surface area contributed by atoms with E-state index < -0.39 is 24.3 Å². The van der Waals surface area contributed by atoms with Crippen molar-refractivity contribution in [2.75, 3.05) is 30.9 Å². The summed E-state index contributed by atoms with van der Waals surface area (Å²) < 4.78 is 22.7. The van der Waals surface area contributed by atoms with Gasteiger partial charge >= 0.3 is 12.1 Å². The second-order valence-electron chi connectivity index (χ2n) is 7.59. The van der Waals surface area contributed by atoms with Crippen molar-refractivity contribution in [3.8, 4) is 11.5 Å². The molecule has 0 saturated carbocycles. The van der Waals surface area contributed by atoms with Crippen molar-refractivity contribution in [1.29, 1.82) is 0 Å². The molecule has 8 nitrogen and oxygen atoms in total. The third kappa shape index (κ3) is 8.83. The fourth-order valence-electron chi connectivity index (χ4n) is 3.34. The molecule has 0 spiro atoms. The lowest BCUT2D eigenvalue weighted by atomic mass is 10.0. The van der Waals surface area contributed by atoms with E-state index in [-0.39, 0.29) is 32.0 Å². The van der Waals surface area contributed by atoms with E-state index in [0.717, 1.165) is 0 Å². The van der Waals surface area contributed by atoms with E-state index in [1.54, 1.807) is 60.7 Å². The average molecular weight is 512 g/mol. The molecule has 2 atom stereocenters. The number of anilines is 1. The van der Waals surface area contributed by atoms with Crippen LogP contribution in [0, 0.1) is 0 Å². The molecule has 2 N–H and O–H groups in total. The van der Waals surface area contributed by atoms with Crippen molar-refractivity contribution in [1.82, 2.24) is 0 Å². The van der Waals surface area contributed by atoms with Crippen LogP contribution in [0.15, 0.2) is 84.9 Å². The number of aliphatic hydroxyl groups is 1. The van der Waals surface area contributed by atoms with Crippen molar-refractivity contribution in [3.63, 3.8) is 0 Å². The van der Waals surface area contributed by atoms with Gasteiger partial charge in [0.1, 0.15) is 24.2 Å². The number of ether oxygens (including phenoxy) is 4. The summed E-state index contributed by atoms with van der Waals surface area (Å²) >= 11 is 3.93. The first kappa shape index (κ1) is 26.9. The Labute approximate surface area is 215 Å². The number of benzene rings is 3. The smallest absolute Gasteiger partial charge is 0.412 e. The lowest BCUT2D eigenvalue weighted by Crippen LogP contribution is -2.32. The molecule has 0 unspecified atom stereocenters. The van der Waals surface area contributed by atoms with Gasteiger partial charge in [-0.3, -0.25) is 10.1 Å². The lowest BCUT2D eigenvalue weighted by Gasteiger charge is -2.28. The highest BCUT2D eigenvalue weighted by molar-refractivity contribution is 7.81. The van der Waals surface area contributed by atoms with Crippen molar-refractivity contribution in [3.05, 3.63) is 90.5 Å². The summed E-state index contributed by atoms with van der Waals surface area (Å²) in [6.07, 6.45) is -1.96. The summed E-state index contributed by atoms with van der Waals surface area (Å²) in [6, 6.07) is 25.0. The quantitative estimate of drug-likeness (QED) is 0.227. The number of thiol groups is 1. The van der Waals surface area contributed by atoms with Gasteiger partial charge in [-0.2, -0.15) is 12.6 Å². The summed E-state index contributed by atoms with van der Waals surface area (Å²) in [4.78, 5) is 24.5. The summed E-state index contributed by atoms with van der Waals surface area (Å²) in [7, 11) is 0. The van der Waals surface area contributed by atoms with Crippen LogP contribution in [-0.2, 0) is 14.3 Å². The SMILES string of the molecule is O=C(CS)OCC[C@@H](Oc1ccccc1)[C@H](OC(=O)Nc1ccccc1)c1ccc(OCCO)cc1. The van der Waals surface area contributed by atoms with Crippen LogP contribution < -0.4 is 14.8 Å². The van der Waals surface area contributed by atoms with E-state index >= 15 is 0 Å². The highest BCUT2D eigenvalue weighted by Crippen LogP contribution is 2.30. The molecule has 3 aromatic carbocycles. The molecule has 190 valence electrons. The van der Waals surface area contributed by atoms with E-state index in [2.05, 4.69) is 17.9 Å². The number of esters is 1. The van der Waals surface area contributed by atoms with E-state index in [1.165, 1.54) is 0 Å². The molecule has 0 aromatic heterocycles. The average Bonchev–Trinajstić information content (AvgIpc) is 2.91. The fraction of sp³-hybridized carbons (Fsp3) is 0.259. The normalized spacial score (nSPS) is 12.2. The molecule has 0 bridgehead atoms. The Morgan fingerprint density at radius 2 is 1.53 bits per heavy atom. The van der Waals surface area contributed by atoms with Crippen LogP contribution in [0.1, 0.15) is 18.1 Å². The summed E-state index contributed by atoms with van der Waals surface area (Å²) in [5.74, 6) is 0.631. The number of carbonyl (C=O) groups is 2. The van der Waals surface area contributed by atoms with Crippen LogP contribution in [0.5, 0.6) is 11.5 Å². The van der Waals surface area contributed by atoms with E-state index in [1.807, 2.05) is 24.3 Å². The van der Waals surface area contributed by atoms with Crippen LogP contribution in [0.2, 0.25) is 0 Å². The minimum absolute atomic E-state index is 0.0427. The van der Waals surface area contributed by atoms with Crippen LogP contribution in [-0.4, -0.2) is 48.8 Å². The first-order valence-corrected chi connectivity index (χ1v) is 12.1. The first-order valence-electron chi connectivity index (χ1n) is 11.4. The molecule has 1 amide bonds. The van der Waals surface area contributed by atoms with Crippen molar-refractivity contribution < 1.29 is 33.6 Å². The Morgan fingerprint density at radius 3 is 2.17 bits per heavy atom. The highest BCUT2D eigenvalue weighted by Gasteiger charge is 2.30. The third-order valence-electron chi connectivity index (χ3n) is 4.99. The summed E-state index contributed by atoms with van der Waals surface area (Å²) in [6.45, 7) is 0.106. The Bertz CT molecular complexity index is 1060. The van der Waals surface area contributed by atoms with Crippen LogP contribution in [0.25, 0.3) is 0 Å². The van der Waals surface area contributed by atoms with Gasteiger partial charge in [0.05, 0.1) is 19.0 Å². The Hall–Kier alpha value is -3.69. The number of aliphatic hydroxyl groups excluding tert-OH is 1. The van der Waals surface area contributed by atoms with Crippen LogP contribution in [0.3, 0.4) is 0 Å². The van der Waals surface area contributed by atoms with Gasteiger partial charge in [-0.1, -0.05) is 48.5 Å². The number of hydrogen-bond donors (Lipinski definition) is 3. The molecule has 9 heteroatoms. The lowest BCUT2D eigenvalue weighted by molar-refractivity contribution is -0.141. The predicted molar refractivity (Wildman–Crippen MR) is 139 cm³/mol. The summed E-state index contributed by atoms with van der Waals surface area (Å²) in [5, 5.41) is 11.7. The number of nitrogens with one attached hydrogen (secondary N) is 1. The van der Waals surface area contributed by atoms with Gasteiger partial charge in [0.15, 0.2) is 6.10 Å². The number of hydrogen-bond acceptors (Lipinski definition) is 8. The fourth-order valence-corrected chi connectivity index (χ4v) is 3.43. The molecule has 0 radical (unpaired) electrons. The van der Waals surface area contributed by atoms with E-state index in [9.17, 15) is 9.59 Å². The Morgan fingerprint density at radius 1 is 0.861 bits per heavy atom. The molecule has 0 saturated heterocycles. The third-order valence-corrected chi connectivity index (χ3v) is 5.24. The zero-order valence-electron chi connectivity index (χ0n) is 19.6. The molecule has 0 aliphatic carbocycles. The number of para-hydroxylation sites is 2. The number of carbonyl (C=O) groups excluding carboxylic acids is 2. The molecule has 3 aromatic rings. The van der Waals surface area contributed by atoms with Crippen LogP contribution >= 0.6 is 12.6 Å². The van der Waals surface area contributed by atoms with E-state index in [4.69, 9.17) is 24.1 Å². The number of amides is 1. The van der Waals surface area contributed by atoms with Gasteiger partial charge in [0, 0.05) is 12.1 Å². The number of rotatable bonds is 13. The molecule has 0 aliphatic heterocycles. The Kier molecular flexibility index (Phi) is 10.9. The molecule has 0 aliphatic rings. The van der Waals surface area contributed by atoms with E-state index in [0.29, 0.717) is 22.7 Å². The monoisotopic (exact) mass is 511 g/mol. The molecule has 36 heavy (non-hydrogen) atoms. The van der Waals surface area contributed by atoms with Gasteiger partial charge in [0.25, 0.3) is 0 Å². The molecule has 0 fully saturated rings. The van der Waals surface area contributed by atoms with Gasteiger partial charge in [-0.15, -0.1) is 0 Å². The topological polar surface area (TPSA) is 103 Å². The molecule has 0 heterocycles. The summed E-state index contributed by atoms with van der Waals surface area (Å²) in [5.41, 5.74) is 1.23. The molecular formula is C27H29NO7S. The predicted octanol–water partition coefficient (Wildman–Crippen LogP) is 4.66. The standard InChI is InChI=1S/C27H29NO7S/c29-16-18-32-22-13-11-20(12-14-22)26(35-27(31)28-21-7-3-1-4-8-21)24(15-17-33-25(30)19-36)34-23-9-5-2-6-10-23/h1-14,24,26,29,36H,15-19H2,(H,28,31)/t24-,26-/m1/s1. The van der Waals surface area contributed by atoms with Gasteiger partial charge in [-0.25, -0.2) is 4.79 Å². The van der Waals surface area contributed by atoms with Gasteiger partial charge in [0.2, 0.25) is 0 Å². The molecular weight excluding hydrogens is 482 g/mol. The zero-order chi connectivity index (χ0) is 25.6. The Balaban J connectivity index is 1.86. The minimum atomic E-state index is -0.851. The van der Waals surface area contributed by atoms with Crippen LogP contribution in [0.4, 0.5) is 10.5 Å². The molecule has 3 rings (SSSR count). The minimum Gasteiger partial charge on any atom is -0.491 e. The zero-order valence-corrected chi connectivity index (χ0v) is 20.5. The first-order chi connectivity index (χ1) is 17.6. The second kappa shape index (κ2) is 14.7. The van der Waals surface area contributed by atoms with Crippen molar-refractivity contribution in [2.45, 2.75) is 18.6 Å². The maximum atomic E-state index is 12.9. The largest absolute Gasteiger partial charge is 0.491 e. The highest BCUT2D eigenvalue weighted by atomic mass is 32.1. The van der Waals surface area contributed by atoms with Gasteiger partial charge < -0.3 is 24.1 Å². The maximum absolute atomic E-state index is 12.9. The second-order valence-corrected chi connectivity index (χ2v) is 7.91. The van der Waals surface area contributed by atoms with Crippen molar-refractivity contribution >= 4 is 30.4 Å². The maximum Gasteiger partial charge on any atom is 0.412 e. The van der Waals surface area contributed by atoms with Gasteiger partial charge in [-0.05, 0) is 42.0 Å². The van der Waals surface area contributed by atoms with Crippen molar-refractivity contribution in [2.24, 2.45) is 0 Å².